The van der Waals surface area contributed by atoms with Gasteiger partial charge >= 0.3 is 0 Å². The van der Waals surface area contributed by atoms with Crippen LogP contribution in [-0.4, -0.2) is 22.6 Å². The average Bonchev–Trinajstić information content (AvgIpc) is 2.68. The molecule has 17 heavy (non-hydrogen) atoms. The normalized spacial score (nSPS) is 17.7. The highest BCUT2D eigenvalue weighted by Crippen LogP contribution is 2.20. The smallest absolute Gasteiger partial charge is 0.106 e. The van der Waals surface area contributed by atoms with Gasteiger partial charge in [0.25, 0.3) is 0 Å². The van der Waals surface area contributed by atoms with E-state index in [-0.39, 0.29) is 0 Å². The first kappa shape index (κ1) is 10.8. The van der Waals surface area contributed by atoms with Gasteiger partial charge in [0.15, 0.2) is 0 Å². The molecule has 1 saturated heterocycles. The van der Waals surface area contributed by atoms with Crippen LogP contribution in [0.15, 0.2) is 24.3 Å². The van der Waals surface area contributed by atoms with Gasteiger partial charge in [-0.15, -0.1) is 0 Å². The Morgan fingerprint density at radius 1 is 1.29 bits per heavy atom. The van der Waals surface area contributed by atoms with E-state index < -0.39 is 0 Å². The second-order valence-electron chi connectivity index (χ2n) is 4.95. The van der Waals surface area contributed by atoms with Crippen molar-refractivity contribution >= 4 is 11.0 Å². The van der Waals surface area contributed by atoms with E-state index in [0.717, 1.165) is 36.9 Å². The van der Waals surface area contributed by atoms with Gasteiger partial charge in [-0.3, -0.25) is 0 Å². The number of fused-ring (bicyclic) bond motifs is 1. The van der Waals surface area contributed by atoms with Crippen LogP contribution in [0.2, 0.25) is 0 Å². The number of benzene rings is 1. The SMILES string of the molecule is Cc1nc2ccccc2n1CC1CCNCC1. The van der Waals surface area contributed by atoms with Gasteiger partial charge in [0, 0.05) is 6.54 Å². The van der Waals surface area contributed by atoms with E-state index in [1.54, 1.807) is 0 Å². The molecule has 1 aromatic carbocycles. The zero-order chi connectivity index (χ0) is 11.7. The summed E-state index contributed by atoms with van der Waals surface area (Å²) in [6.45, 7) is 5.56. The minimum absolute atomic E-state index is 0.799. The molecule has 3 rings (SSSR count). The molecule has 1 fully saturated rings. The summed E-state index contributed by atoms with van der Waals surface area (Å²) < 4.78 is 2.38. The van der Waals surface area contributed by atoms with Gasteiger partial charge in [0.1, 0.15) is 5.82 Å². The van der Waals surface area contributed by atoms with Crippen molar-refractivity contribution in [3.05, 3.63) is 30.1 Å². The van der Waals surface area contributed by atoms with Crippen LogP contribution >= 0.6 is 0 Å². The molecule has 1 aliphatic rings. The van der Waals surface area contributed by atoms with Crippen molar-refractivity contribution in [2.24, 2.45) is 5.92 Å². The third-order valence-corrected chi connectivity index (χ3v) is 3.74. The van der Waals surface area contributed by atoms with Crippen LogP contribution in [0.5, 0.6) is 0 Å². The molecule has 0 bridgehead atoms. The summed E-state index contributed by atoms with van der Waals surface area (Å²) in [5.74, 6) is 1.94. The summed E-state index contributed by atoms with van der Waals surface area (Å²) in [7, 11) is 0. The highest BCUT2D eigenvalue weighted by atomic mass is 15.1. The third-order valence-electron chi connectivity index (χ3n) is 3.74. The van der Waals surface area contributed by atoms with Crippen molar-refractivity contribution in [2.45, 2.75) is 26.3 Å². The van der Waals surface area contributed by atoms with Crippen LogP contribution < -0.4 is 5.32 Å². The molecule has 0 atom stereocenters. The first-order chi connectivity index (χ1) is 8.34. The fraction of sp³-hybridized carbons (Fsp3) is 0.500. The Labute approximate surface area is 102 Å². The van der Waals surface area contributed by atoms with E-state index >= 15 is 0 Å². The molecule has 1 aromatic heterocycles. The Hall–Kier alpha value is -1.35. The van der Waals surface area contributed by atoms with Crippen molar-refractivity contribution in [3.8, 4) is 0 Å². The number of rotatable bonds is 2. The summed E-state index contributed by atoms with van der Waals surface area (Å²) in [5, 5.41) is 3.42. The minimum atomic E-state index is 0.799. The number of aromatic nitrogens is 2. The van der Waals surface area contributed by atoms with E-state index in [0.29, 0.717) is 0 Å². The Morgan fingerprint density at radius 3 is 2.88 bits per heavy atom. The van der Waals surface area contributed by atoms with Crippen LogP contribution in [0.4, 0.5) is 0 Å². The average molecular weight is 229 g/mol. The summed E-state index contributed by atoms with van der Waals surface area (Å²) >= 11 is 0. The minimum Gasteiger partial charge on any atom is -0.328 e. The van der Waals surface area contributed by atoms with Gasteiger partial charge in [0.05, 0.1) is 11.0 Å². The first-order valence-corrected chi connectivity index (χ1v) is 6.47. The second kappa shape index (κ2) is 4.49. The predicted octanol–water partition coefficient (Wildman–Crippen LogP) is 2.34. The molecule has 0 saturated carbocycles. The molecule has 1 aliphatic heterocycles. The van der Waals surface area contributed by atoms with Gasteiger partial charge in [-0.05, 0) is 50.9 Å². The largest absolute Gasteiger partial charge is 0.328 e. The zero-order valence-electron chi connectivity index (χ0n) is 10.3. The van der Waals surface area contributed by atoms with E-state index in [1.165, 1.54) is 18.4 Å². The molecule has 0 radical (unpaired) electrons. The van der Waals surface area contributed by atoms with Gasteiger partial charge in [-0.1, -0.05) is 12.1 Å². The van der Waals surface area contributed by atoms with Crippen molar-refractivity contribution in [2.75, 3.05) is 13.1 Å². The number of aryl methyl sites for hydroxylation is 1. The van der Waals surface area contributed by atoms with Gasteiger partial charge in [-0.2, -0.15) is 0 Å². The van der Waals surface area contributed by atoms with Crippen molar-refractivity contribution < 1.29 is 0 Å². The van der Waals surface area contributed by atoms with Crippen LogP contribution in [0.1, 0.15) is 18.7 Å². The van der Waals surface area contributed by atoms with E-state index in [9.17, 15) is 0 Å². The maximum Gasteiger partial charge on any atom is 0.106 e. The lowest BCUT2D eigenvalue weighted by Crippen LogP contribution is -2.30. The highest BCUT2D eigenvalue weighted by Gasteiger charge is 2.16. The van der Waals surface area contributed by atoms with Crippen LogP contribution in [0.3, 0.4) is 0 Å². The van der Waals surface area contributed by atoms with Gasteiger partial charge < -0.3 is 9.88 Å². The zero-order valence-corrected chi connectivity index (χ0v) is 10.3. The monoisotopic (exact) mass is 229 g/mol. The molecule has 0 spiro atoms. The Kier molecular flexibility index (Phi) is 2.85. The fourth-order valence-corrected chi connectivity index (χ4v) is 2.75. The summed E-state index contributed by atoms with van der Waals surface area (Å²) in [6, 6.07) is 8.43. The maximum atomic E-state index is 4.63. The molecule has 3 nitrogen and oxygen atoms in total. The molecule has 0 aliphatic carbocycles. The molecule has 2 aromatic rings. The third kappa shape index (κ3) is 2.07. The quantitative estimate of drug-likeness (QED) is 0.856. The topological polar surface area (TPSA) is 29.9 Å². The summed E-state index contributed by atoms with van der Waals surface area (Å²) in [6.07, 6.45) is 2.57. The highest BCUT2D eigenvalue weighted by molar-refractivity contribution is 5.75. The summed E-state index contributed by atoms with van der Waals surface area (Å²) in [4.78, 5) is 4.63. The number of nitrogens with zero attached hydrogens (tertiary/aromatic N) is 2. The van der Waals surface area contributed by atoms with Crippen molar-refractivity contribution in [3.63, 3.8) is 0 Å². The first-order valence-electron chi connectivity index (χ1n) is 6.47. The fourth-order valence-electron chi connectivity index (χ4n) is 2.75. The van der Waals surface area contributed by atoms with Crippen molar-refractivity contribution in [1.82, 2.24) is 14.9 Å². The standard InChI is InChI=1S/C14H19N3/c1-11-16-13-4-2-3-5-14(13)17(11)10-12-6-8-15-9-7-12/h2-5,12,15H,6-10H2,1H3. The lowest BCUT2D eigenvalue weighted by molar-refractivity contribution is 0.334. The number of hydrogen-bond acceptors (Lipinski definition) is 2. The Balaban J connectivity index is 1.90. The van der Waals surface area contributed by atoms with Gasteiger partial charge in [-0.25, -0.2) is 4.98 Å². The molecule has 1 N–H and O–H groups in total. The Bertz CT molecular complexity index is 509. The summed E-state index contributed by atoms with van der Waals surface area (Å²) in [5.41, 5.74) is 2.41. The molecule has 3 heteroatoms. The van der Waals surface area contributed by atoms with Crippen LogP contribution in [0, 0.1) is 12.8 Å². The molecular formula is C14H19N3. The molecule has 0 amide bonds. The molecule has 90 valence electrons. The molecule has 0 unspecified atom stereocenters. The van der Waals surface area contributed by atoms with Gasteiger partial charge in [0.2, 0.25) is 0 Å². The molecule has 2 heterocycles. The number of para-hydroxylation sites is 2. The lowest BCUT2D eigenvalue weighted by atomic mass is 9.98. The Morgan fingerprint density at radius 2 is 2.06 bits per heavy atom. The number of imidazole rings is 1. The number of piperidine rings is 1. The molecular weight excluding hydrogens is 210 g/mol. The van der Waals surface area contributed by atoms with Crippen molar-refractivity contribution in [1.29, 1.82) is 0 Å². The maximum absolute atomic E-state index is 4.63. The van der Waals surface area contributed by atoms with Crippen LogP contribution in [-0.2, 0) is 6.54 Å². The van der Waals surface area contributed by atoms with E-state index in [2.05, 4.69) is 46.1 Å². The predicted molar refractivity (Wildman–Crippen MR) is 70.1 cm³/mol. The number of nitrogens with one attached hydrogen (secondary N) is 1. The van der Waals surface area contributed by atoms with E-state index in [1.807, 2.05) is 0 Å². The van der Waals surface area contributed by atoms with E-state index in [4.69, 9.17) is 0 Å². The lowest BCUT2D eigenvalue weighted by Gasteiger charge is -2.23. The number of hydrogen-bond donors (Lipinski definition) is 1. The second-order valence-corrected chi connectivity index (χ2v) is 4.95. The van der Waals surface area contributed by atoms with Crippen LogP contribution in [0.25, 0.3) is 11.0 Å².